The van der Waals surface area contributed by atoms with Crippen LogP contribution < -0.4 is 5.56 Å². The van der Waals surface area contributed by atoms with Crippen LogP contribution in [0.2, 0.25) is 5.02 Å². The summed E-state index contributed by atoms with van der Waals surface area (Å²) in [6.07, 6.45) is 3.09. The molecule has 3 aromatic rings. The molecule has 0 saturated heterocycles. The van der Waals surface area contributed by atoms with Crippen molar-refractivity contribution in [3.63, 3.8) is 0 Å². The zero-order valence-corrected chi connectivity index (χ0v) is 10.0. The predicted molar refractivity (Wildman–Crippen MR) is 70.1 cm³/mol. The quantitative estimate of drug-likeness (QED) is 0.673. The molecular weight excluding hydrogens is 250 g/mol. The Labute approximate surface area is 108 Å². The molecule has 0 radical (unpaired) electrons. The van der Waals surface area contributed by atoms with E-state index >= 15 is 0 Å². The highest BCUT2D eigenvalue weighted by atomic mass is 35.5. The van der Waals surface area contributed by atoms with E-state index in [4.69, 9.17) is 11.6 Å². The summed E-state index contributed by atoms with van der Waals surface area (Å²) in [6.45, 7) is 0. The SMILES string of the molecule is O=c1c2c(Cl)cccc2ncn1-c1ccccn1. The molecule has 0 amide bonds. The lowest BCUT2D eigenvalue weighted by Crippen LogP contribution is -2.19. The maximum absolute atomic E-state index is 12.3. The second-order valence-electron chi connectivity index (χ2n) is 3.74. The highest BCUT2D eigenvalue weighted by molar-refractivity contribution is 6.35. The molecule has 1 aromatic carbocycles. The van der Waals surface area contributed by atoms with Crippen molar-refractivity contribution in [2.45, 2.75) is 0 Å². The van der Waals surface area contributed by atoms with Gasteiger partial charge in [0.25, 0.3) is 5.56 Å². The normalized spacial score (nSPS) is 10.7. The molecule has 2 heterocycles. The highest BCUT2D eigenvalue weighted by Crippen LogP contribution is 2.18. The van der Waals surface area contributed by atoms with E-state index in [0.29, 0.717) is 21.7 Å². The van der Waals surface area contributed by atoms with E-state index < -0.39 is 0 Å². The van der Waals surface area contributed by atoms with E-state index in [1.807, 2.05) is 6.07 Å². The summed E-state index contributed by atoms with van der Waals surface area (Å²) in [4.78, 5) is 20.7. The highest BCUT2D eigenvalue weighted by Gasteiger charge is 2.08. The van der Waals surface area contributed by atoms with Gasteiger partial charge in [-0.15, -0.1) is 0 Å². The third-order valence-electron chi connectivity index (χ3n) is 2.63. The number of nitrogens with zero attached hydrogens (tertiary/aromatic N) is 3. The minimum absolute atomic E-state index is 0.218. The molecule has 5 heteroatoms. The molecule has 18 heavy (non-hydrogen) atoms. The van der Waals surface area contributed by atoms with Gasteiger partial charge in [-0.1, -0.05) is 23.7 Å². The van der Waals surface area contributed by atoms with Gasteiger partial charge in [0.15, 0.2) is 0 Å². The van der Waals surface area contributed by atoms with E-state index in [0.717, 1.165) is 0 Å². The number of halogens is 1. The van der Waals surface area contributed by atoms with Crippen molar-refractivity contribution >= 4 is 22.5 Å². The molecule has 0 spiro atoms. The summed E-state index contributed by atoms with van der Waals surface area (Å²) in [5.41, 5.74) is 0.365. The topological polar surface area (TPSA) is 47.8 Å². The molecule has 4 nitrogen and oxygen atoms in total. The Kier molecular flexibility index (Phi) is 2.57. The molecule has 0 aliphatic rings. The molecule has 0 aliphatic carbocycles. The summed E-state index contributed by atoms with van der Waals surface area (Å²) in [5, 5.41) is 0.808. The first-order valence-corrected chi connectivity index (χ1v) is 5.72. The number of hydrogen-bond acceptors (Lipinski definition) is 3. The third kappa shape index (κ3) is 1.67. The van der Waals surface area contributed by atoms with E-state index in [9.17, 15) is 4.79 Å². The van der Waals surface area contributed by atoms with Gasteiger partial charge in [-0.3, -0.25) is 9.36 Å². The smallest absolute Gasteiger partial charge is 0.268 e. The van der Waals surface area contributed by atoms with Crippen LogP contribution in [0.5, 0.6) is 0 Å². The van der Waals surface area contributed by atoms with Crippen LogP contribution in [0.4, 0.5) is 0 Å². The Morgan fingerprint density at radius 1 is 1.06 bits per heavy atom. The predicted octanol–water partition coefficient (Wildman–Crippen LogP) is 2.43. The molecule has 2 aromatic heterocycles. The number of fused-ring (bicyclic) bond motifs is 1. The van der Waals surface area contributed by atoms with Crippen LogP contribution in [0.25, 0.3) is 16.7 Å². The second-order valence-corrected chi connectivity index (χ2v) is 4.15. The fraction of sp³-hybridized carbons (Fsp3) is 0. The van der Waals surface area contributed by atoms with Gasteiger partial charge in [0.1, 0.15) is 12.1 Å². The van der Waals surface area contributed by atoms with Gasteiger partial charge < -0.3 is 0 Å². The first-order chi connectivity index (χ1) is 8.77. The fourth-order valence-electron chi connectivity index (χ4n) is 1.78. The molecule has 0 atom stereocenters. The Balaban J connectivity index is 2.37. The lowest BCUT2D eigenvalue weighted by molar-refractivity contribution is 0.920. The Morgan fingerprint density at radius 3 is 2.72 bits per heavy atom. The maximum atomic E-state index is 12.3. The molecule has 3 rings (SSSR count). The molecule has 0 aliphatic heterocycles. The van der Waals surface area contributed by atoms with Crippen LogP contribution in [-0.4, -0.2) is 14.5 Å². The standard InChI is InChI=1S/C13H8ClN3O/c14-9-4-3-5-10-12(9)13(18)17(8-16-10)11-6-1-2-7-15-11/h1-8H. The largest absolute Gasteiger partial charge is 0.268 e. The lowest BCUT2D eigenvalue weighted by Gasteiger charge is -2.05. The first kappa shape index (κ1) is 10.9. The van der Waals surface area contributed by atoms with E-state index in [1.54, 1.807) is 36.5 Å². The molecule has 0 unspecified atom stereocenters. The van der Waals surface area contributed by atoms with Crippen molar-refractivity contribution < 1.29 is 0 Å². The number of hydrogen-bond donors (Lipinski definition) is 0. The summed E-state index contributed by atoms with van der Waals surface area (Å²) in [7, 11) is 0. The van der Waals surface area contributed by atoms with Crippen LogP contribution in [0.1, 0.15) is 0 Å². The van der Waals surface area contributed by atoms with Gasteiger partial charge in [-0.25, -0.2) is 9.97 Å². The Bertz CT molecular complexity index is 768. The van der Waals surface area contributed by atoms with Crippen molar-refractivity contribution in [2.24, 2.45) is 0 Å². The van der Waals surface area contributed by atoms with Crippen molar-refractivity contribution in [3.05, 3.63) is 64.3 Å². The zero-order chi connectivity index (χ0) is 12.5. The number of aromatic nitrogens is 3. The van der Waals surface area contributed by atoms with Gasteiger partial charge in [-0.2, -0.15) is 0 Å². The van der Waals surface area contributed by atoms with E-state index in [1.165, 1.54) is 10.9 Å². The number of pyridine rings is 1. The van der Waals surface area contributed by atoms with Gasteiger partial charge in [-0.05, 0) is 24.3 Å². The Hall–Kier alpha value is -2.20. The minimum atomic E-state index is -0.218. The van der Waals surface area contributed by atoms with Gasteiger partial charge >= 0.3 is 0 Å². The molecule has 0 N–H and O–H groups in total. The Morgan fingerprint density at radius 2 is 1.94 bits per heavy atom. The zero-order valence-electron chi connectivity index (χ0n) is 9.25. The van der Waals surface area contributed by atoms with Crippen molar-refractivity contribution in [1.29, 1.82) is 0 Å². The van der Waals surface area contributed by atoms with Crippen LogP contribution >= 0.6 is 11.6 Å². The van der Waals surface area contributed by atoms with Crippen molar-refractivity contribution in [2.75, 3.05) is 0 Å². The number of rotatable bonds is 1. The van der Waals surface area contributed by atoms with E-state index in [-0.39, 0.29) is 5.56 Å². The molecule has 0 saturated carbocycles. The van der Waals surface area contributed by atoms with Crippen molar-refractivity contribution in [1.82, 2.24) is 14.5 Å². The number of benzene rings is 1. The van der Waals surface area contributed by atoms with Crippen LogP contribution in [0, 0.1) is 0 Å². The van der Waals surface area contributed by atoms with Crippen molar-refractivity contribution in [3.8, 4) is 5.82 Å². The second kappa shape index (κ2) is 4.23. The van der Waals surface area contributed by atoms with Gasteiger partial charge in [0, 0.05) is 6.20 Å². The summed E-state index contributed by atoms with van der Waals surface area (Å²) >= 11 is 6.05. The maximum Gasteiger partial charge on any atom is 0.268 e. The van der Waals surface area contributed by atoms with Crippen LogP contribution in [0.3, 0.4) is 0 Å². The lowest BCUT2D eigenvalue weighted by atomic mass is 10.2. The van der Waals surface area contributed by atoms with Gasteiger partial charge in [0.2, 0.25) is 0 Å². The monoisotopic (exact) mass is 257 g/mol. The summed E-state index contributed by atoms with van der Waals surface area (Å²) < 4.78 is 1.38. The minimum Gasteiger partial charge on any atom is -0.268 e. The summed E-state index contributed by atoms with van der Waals surface area (Å²) in [5.74, 6) is 0.525. The average Bonchev–Trinajstić information content (AvgIpc) is 2.40. The molecular formula is C13H8ClN3O. The first-order valence-electron chi connectivity index (χ1n) is 5.34. The van der Waals surface area contributed by atoms with Crippen LogP contribution in [-0.2, 0) is 0 Å². The average molecular weight is 258 g/mol. The van der Waals surface area contributed by atoms with Gasteiger partial charge in [0.05, 0.1) is 15.9 Å². The molecule has 0 bridgehead atoms. The fourth-order valence-corrected chi connectivity index (χ4v) is 2.03. The third-order valence-corrected chi connectivity index (χ3v) is 2.95. The van der Waals surface area contributed by atoms with Crippen LogP contribution in [0.15, 0.2) is 53.7 Å². The molecule has 0 fully saturated rings. The summed E-state index contributed by atoms with van der Waals surface area (Å²) in [6, 6.07) is 10.5. The van der Waals surface area contributed by atoms with E-state index in [2.05, 4.69) is 9.97 Å². The molecule has 88 valence electrons.